The Morgan fingerprint density at radius 3 is 2.68 bits per heavy atom. The zero-order valence-corrected chi connectivity index (χ0v) is 12.8. The minimum atomic E-state index is -0.137. The van der Waals surface area contributed by atoms with Gasteiger partial charge in [0, 0.05) is 18.2 Å². The van der Waals surface area contributed by atoms with Gasteiger partial charge in [0.05, 0.1) is 11.8 Å². The maximum absolute atomic E-state index is 12.2. The standard InChI is InChI=1S/C14H15N5O2S/c1-9(20)15-11-4-2-10(3-5-11)13(21)8-22-14-16-17-18-19(14)12-6-7-12/h2-5,12H,6-8H2,1H3,(H,15,20). The number of aromatic nitrogens is 4. The highest BCUT2D eigenvalue weighted by Crippen LogP contribution is 2.36. The molecule has 1 amide bonds. The number of rotatable bonds is 6. The molecule has 1 aromatic heterocycles. The Hall–Kier alpha value is -2.22. The largest absolute Gasteiger partial charge is 0.326 e. The van der Waals surface area contributed by atoms with E-state index in [1.807, 2.05) is 0 Å². The number of nitrogens with zero attached hydrogens (tertiary/aromatic N) is 4. The molecule has 1 heterocycles. The fourth-order valence-electron chi connectivity index (χ4n) is 1.98. The molecule has 1 fully saturated rings. The van der Waals surface area contributed by atoms with E-state index in [9.17, 15) is 9.59 Å². The molecular weight excluding hydrogens is 302 g/mol. The Labute approximate surface area is 131 Å². The van der Waals surface area contributed by atoms with Crippen LogP contribution in [0.25, 0.3) is 0 Å². The van der Waals surface area contributed by atoms with Crippen LogP contribution < -0.4 is 5.32 Å². The quantitative estimate of drug-likeness (QED) is 0.647. The number of nitrogens with one attached hydrogen (secondary N) is 1. The zero-order valence-electron chi connectivity index (χ0n) is 12.0. The van der Waals surface area contributed by atoms with Crippen molar-refractivity contribution < 1.29 is 9.59 Å². The molecular formula is C14H15N5O2S. The Kier molecular flexibility index (Phi) is 4.19. The summed E-state index contributed by atoms with van der Waals surface area (Å²) in [5, 5.41) is 14.9. The molecule has 22 heavy (non-hydrogen) atoms. The van der Waals surface area contributed by atoms with Gasteiger partial charge in [0.2, 0.25) is 11.1 Å². The van der Waals surface area contributed by atoms with E-state index in [0.717, 1.165) is 12.8 Å². The minimum absolute atomic E-state index is 0.00437. The lowest BCUT2D eigenvalue weighted by Gasteiger charge is -2.04. The summed E-state index contributed by atoms with van der Waals surface area (Å²) in [7, 11) is 0. The molecule has 3 rings (SSSR count). The molecule has 0 saturated heterocycles. The first-order chi connectivity index (χ1) is 10.6. The number of thioether (sulfide) groups is 1. The monoisotopic (exact) mass is 317 g/mol. The van der Waals surface area contributed by atoms with Crippen molar-refractivity contribution in [1.82, 2.24) is 20.2 Å². The predicted octanol–water partition coefficient (Wildman–Crippen LogP) is 1.94. The van der Waals surface area contributed by atoms with E-state index < -0.39 is 0 Å². The summed E-state index contributed by atoms with van der Waals surface area (Å²) in [5.74, 6) is 0.151. The Balaban J connectivity index is 1.59. The van der Waals surface area contributed by atoms with Gasteiger partial charge < -0.3 is 5.32 Å². The van der Waals surface area contributed by atoms with Crippen LogP contribution in [0.1, 0.15) is 36.2 Å². The van der Waals surface area contributed by atoms with E-state index in [1.54, 1.807) is 28.9 Å². The maximum Gasteiger partial charge on any atom is 0.221 e. The first kappa shape index (κ1) is 14.7. The third-order valence-corrected chi connectivity index (χ3v) is 4.15. The summed E-state index contributed by atoms with van der Waals surface area (Å²) >= 11 is 1.35. The second-order valence-corrected chi connectivity index (χ2v) is 6.05. The van der Waals surface area contributed by atoms with Crippen molar-refractivity contribution in [3.05, 3.63) is 29.8 Å². The predicted molar refractivity (Wildman–Crippen MR) is 81.9 cm³/mol. The number of anilines is 1. The van der Waals surface area contributed by atoms with Gasteiger partial charge in [-0.2, -0.15) is 0 Å². The zero-order chi connectivity index (χ0) is 15.5. The smallest absolute Gasteiger partial charge is 0.221 e. The van der Waals surface area contributed by atoms with Crippen LogP contribution in [0, 0.1) is 0 Å². The second-order valence-electron chi connectivity index (χ2n) is 5.11. The molecule has 0 aliphatic heterocycles. The highest BCUT2D eigenvalue weighted by atomic mass is 32.2. The summed E-state index contributed by atoms with van der Waals surface area (Å²) in [5.41, 5.74) is 1.28. The van der Waals surface area contributed by atoms with Crippen molar-refractivity contribution in [3.63, 3.8) is 0 Å². The lowest BCUT2D eigenvalue weighted by molar-refractivity contribution is -0.114. The Bertz CT molecular complexity index is 694. The Morgan fingerprint density at radius 1 is 1.32 bits per heavy atom. The first-order valence-corrected chi connectivity index (χ1v) is 7.93. The molecule has 1 aliphatic carbocycles. The molecule has 0 spiro atoms. The van der Waals surface area contributed by atoms with Crippen molar-refractivity contribution in [2.75, 3.05) is 11.1 Å². The summed E-state index contributed by atoms with van der Waals surface area (Å²) in [6.07, 6.45) is 2.19. The summed E-state index contributed by atoms with van der Waals surface area (Å²) in [6.45, 7) is 1.44. The third-order valence-electron chi connectivity index (χ3n) is 3.21. The van der Waals surface area contributed by atoms with Gasteiger partial charge >= 0.3 is 0 Å². The van der Waals surface area contributed by atoms with Crippen LogP contribution in [0.2, 0.25) is 0 Å². The van der Waals surface area contributed by atoms with E-state index in [2.05, 4.69) is 20.8 Å². The van der Waals surface area contributed by atoms with Crippen LogP contribution in [-0.4, -0.2) is 37.7 Å². The molecule has 7 nitrogen and oxygen atoms in total. The van der Waals surface area contributed by atoms with Crippen molar-refractivity contribution >= 4 is 29.1 Å². The van der Waals surface area contributed by atoms with Crippen LogP contribution in [0.3, 0.4) is 0 Å². The highest BCUT2D eigenvalue weighted by molar-refractivity contribution is 7.99. The molecule has 0 atom stereocenters. The molecule has 114 valence electrons. The van der Waals surface area contributed by atoms with Gasteiger partial charge in [-0.1, -0.05) is 11.8 Å². The van der Waals surface area contributed by atoms with Crippen LogP contribution in [-0.2, 0) is 4.79 Å². The van der Waals surface area contributed by atoms with Gasteiger partial charge in [-0.3, -0.25) is 9.59 Å². The number of carbonyl (C=O) groups excluding carboxylic acids is 2. The van der Waals surface area contributed by atoms with Gasteiger partial charge in [-0.05, 0) is 47.5 Å². The van der Waals surface area contributed by atoms with Gasteiger partial charge in [0.1, 0.15) is 0 Å². The molecule has 1 aliphatic rings. The number of amides is 1. The van der Waals surface area contributed by atoms with Crippen LogP contribution >= 0.6 is 11.8 Å². The van der Waals surface area contributed by atoms with E-state index in [0.29, 0.717) is 22.4 Å². The number of hydrogen-bond acceptors (Lipinski definition) is 6. The molecule has 1 saturated carbocycles. The summed E-state index contributed by atoms with van der Waals surface area (Å²) in [6, 6.07) is 7.24. The van der Waals surface area contributed by atoms with E-state index in [4.69, 9.17) is 0 Å². The number of ketones is 1. The molecule has 1 aromatic carbocycles. The van der Waals surface area contributed by atoms with Crippen molar-refractivity contribution in [2.45, 2.75) is 31.0 Å². The van der Waals surface area contributed by atoms with Gasteiger partial charge in [0.15, 0.2) is 5.78 Å². The van der Waals surface area contributed by atoms with E-state index >= 15 is 0 Å². The summed E-state index contributed by atoms with van der Waals surface area (Å²) in [4.78, 5) is 23.1. The number of tetrazole rings is 1. The van der Waals surface area contributed by atoms with Crippen LogP contribution in [0.5, 0.6) is 0 Å². The van der Waals surface area contributed by atoms with Crippen molar-refractivity contribution in [2.24, 2.45) is 0 Å². The lowest BCUT2D eigenvalue weighted by Crippen LogP contribution is -2.07. The average Bonchev–Trinajstić information content (AvgIpc) is 3.23. The molecule has 1 N–H and O–H groups in total. The number of hydrogen-bond donors (Lipinski definition) is 1. The molecule has 2 aromatic rings. The minimum Gasteiger partial charge on any atom is -0.326 e. The molecule has 0 radical (unpaired) electrons. The van der Waals surface area contributed by atoms with E-state index in [1.165, 1.54) is 18.7 Å². The van der Waals surface area contributed by atoms with E-state index in [-0.39, 0.29) is 17.4 Å². The number of Topliss-reactive ketones (excluding diaryl/α,β-unsaturated/α-hetero) is 1. The van der Waals surface area contributed by atoms with Gasteiger partial charge in [-0.25, -0.2) is 4.68 Å². The third kappa shape index (κ3) is 3.51. The van der Waals surface area contributed by atoms with Crippen molar-refractivity contribution in [1.29, 1.82) is 0 Å². The second kappa shape index (κ2) is 6.27. The maximum atomic E-state index is 12.2. The first-order valence-electron chi connectivity index (χ1n) is 6.95. The number of carbonyl (C=O) groups is 2. The molecule has 0 unspecified atom stereocenters. The lowest BCUT2D eigenvalue weighted by atomic mass is 10.1. The van der Waals surface area contributed by atoms with Gasteiger partial charge in [0.25, 0.3) is 0 Å². The van der Waals surface area contributed by atoms with Crippen LogP contribution in [0.15, 0.2) is 29.4 Å². The normalized spacial score (nSPS) is 13.9. The summed E-state index contributed by atoms with van der Waals surface area (Å²) < 4.78 is 1.79. The average molecular weight is 317 g/mol. The highest BCUT2D eigenvalue weighted by Gasteiger charge is 2.28. The SMILES string of the molecule is CC(=O)Nc1ccc(C(=O)CSc2nnnn2C2CC2)cc1. The van der Waals surface area contributed by atoms with Crippen LogP contribution in [0.4, 0.5) is 5.69 Å². The Morgan fingerprint density at radius 2 is 2.05 bits per heavy atom. The number of benzene rings is 1. The van der Waals surface area contributed by atoms with Crippen molar-refractivity contribution in [3.8, 4) is 0 Å². The fourth-order valence-corrected chi connectivity index (χ4v) is 2.82. The van der Waals surface area contributed by atoms with Gasteiger partial charge in [-0.15, -0.1) is 5.10 Å². The molecule has 8 heteroatoms. The molecule has 0 bridgehead atoms. The topological polar surface area (TPSA) is 89.8 Å². The fraction of sp³-hybridized carbons (Fsp3) is 0.357.